The lowest BCUT2D eigenvalue weighted by Crippen LogP contribution is -2.44. The van der Waals surface area contributed by atoms with Gasteiger partial charge in [-0.1, -0.05) is 113 Å². The third-order valence-electron chi connectivity index (χ3n) is 20.6. The van der Waals surface area contributed by atoms with Gasteiger partial charge >= 0.3 is 18.5 Å². The number of halogens is 12. The van der Waals surface area contributed by atoms with E-state index in [0.717, 1.165) is 100 Å². The second-order valence-electron chi connectivity index (χ2n) is 29.1. The van der Waals surface area contributed by atoms with Crippen LogP contribution >= 0.6 is 47.4 Å². The first kappa shape index (κ1) is 91.6. The van der Waals surface area contributed by atoms with E-state index in [0.29, 0.717) is 97.2 Å². The molecule has 0 bridgehead atoms. The van der Waals surface area contributed by atoms with Crippen molar-refractivity contribution < 1.29 is 53.9 Å². The Kier molecular flexibility index (Phi) is 31.7. The highest BCUT2D eigenvalue weighted by atomic mass is 127. The molecule has 18 nitrogen and oxygen atoms in total. The molecule has 0 atom stereocenters. The Hall–Kier alpha value is -10.7. The normalized spacial score (nSPS) is 14.2. The number of Topliss-reactive ketones (excluding diaryl/α,β-unsaturated/α-hetero) is 3. The second kappa shape index (κ2) is 41.5. The first-order chi connectivity index (χ1) is 56.6. The fourth-order valence-corrected chi connectivity index (χ4v) is 13.8. The monoisotopic (exact) mass is 1790 g/mol. The molecule has 1 N–H and O–H groups in total. The molecule has 6 aromatic heterocycles. The molecule has 0 unspecified atom stereocenters. The predicted octanol–water partition coefficient (Wildman–Crippen LogP) is 15.4. The van der Waals surface area contributed by atoms with Crippen molar-refractivity contribution in [2.75, 3.05) is 97.6 Å². The zero-order chi connectivity index (χ0) is 83.8. The first-order valence-corrected chi connectivity index (χ1v) is 40.3. The first-order valence-electron chi connectivity index (χ1n) is 38.2. The van der Waals surface area contributed by atoms with E-state index in [2.05, 4.69) is 103 Å². The third-order valence-corrected chi connectivity index (χ3v) is 20.6. The minimum Gasteiger partial charge on any atom is -0.314 e. The summed E-state index contributed by atoms with van der Waals surface area (Å²) >= 11 is 2.15. The molecule has 624 valence electrons. The van der Waals surface area contributed by atoms with Crippen molar-refractivity contribution in [1.29, 1.82) is 0 Å². The van der Waals surface area contributed by atoms with Crippen LogP contribution in [0.15, 0.2) is 183 Å². The number of nitrogens with zero attached hydrogens (tertiary/aromatic N) is 14. The summed E-state index contributed by atoms with van der Waals surface area (Å²) in [4.78, 5) is 64.5. The summed E-state index contributed by atoms with van der Waals surface area (Å²) in [5, 5.41) is 15.9. The van der Waals surface area contributed by atoms with Gasteiger partial charge in [-0.15, -0.1) is 24.8 Å². The van der Waals surface area contributed by atoms with E-state index < -0.39 is 35.2 Å². The minimum absolute atomic E-state index is 0. The van der Waals surface area contributed by atoms with Crippen LogP contribution in [-0.4, -0.2) is 183 Å². The van der Waals surface area contributed by atoms with E-state index in [1.54, 1.807) is 142 Å². The number of carbonyl (C=O) groups excluding carboxylic acids is 3. The number of alkyl halides is 10. The van der Waals surface area contributed by atoms with Gasteiger partial charge in [-0.05, 0) is 180 Å². The molecule has 6 aromatic carbocycles. The number of likely N-dealkylation sites (N-methyl/N-ethyl adjacent to an activating group) is 2. The zero-order valence-corrected chi connectivity index (χ0v) is 70.4. The Morgan fingerprint density at radius 3 is 0.950 bits per heavy atom. The van der Waals surface area contributed by atoms with Crippen molar-refractivity contribution in [3.8, 4) is 35.5 Å². The summed E-state index contributed by atoms with van der Waals surface area (Å²) in [6.07, 6.45) is -4.07. The highest BCUT2D eigenvalue weighted by Crippen LogP contribution is 2.37. The average Bonchev–Trinajstić information content (AvgIpc) is 1.31. The Labute approximate surface area is 715 Å². The van der Waals surface area contributed by atoms with Gasteiger partial charge in [-0.25, -0.2) is 28.5 Å². The number of benzene rings is 6. The van der Waals surface area contributed by atoms with Crippen LogP contribution in [0.1, 0.15) is 132 Å². The van der Waals surface area contributed by atoms with E-state index in [9.17, 15) is 53.9 Å². The number of carbonyl (C=O) groups is 3. The molecule has 3 saturated heterocycles. The van der Waals surface area contributed by atoms with Crippen LogP contribution < -0.4 is 5.32 Å². The van der Waals surface area contributed by atoms with Crippen molar-refractivity contribution in [3.05, 3.63) is 300 Å². The molecule has 0 aliphatic carbocycles. The molecule has 30 heteroatoms. The summed E-state index contributed by atoms with van der Waals surface area (Å²) in [7, 11) is 4.01. The number of ketones is 3. The number of imidazole rings is 3. The lowest BCUT2D eigenvalue weighted by Gasteiger charge is -2.33. The third kappa shape index (κ3) is 24.1. The molecule has 12 aromatic rings. The Morgan fingerprint density at radius 1 is 0.383 bits per heavy atom. The van der Waals surface area contributed by atoms with Gasteiger partial charge in [0, 0.05) is 169 Å². The van der Waals surface area contributed by atoms with E-state index >= 15 is 0 Å². The Morgan fingerprint density at radius 2 is 0.667 bits per heavy atom. The highest BCUT2D eigenvalue weighted by Gasteiger charge is 2.37. The van der Waals surface area contributed by atoms with Crippen LogP contribution in [0.3, 0.4) is 0 Å². The van der Waals surface area contributed by atoms with Crippen molar-refractivity contribution in [1.82, 2.24) is 73.6 Å². The van der Waals surface area contributed by atoms with Crippen LogP contribution in [0.25, 0.3) is 16.9 Å². The van der Waals surface area contributed by atoms with Gasteiger partial charge in [0.2, 0.25) is 0 Å². The summed E-state index contributed by atoms with van der Waals surface area (Å²) in [6, 6.07) is 39.1. The second-order valence-corrected chi connectivity index (χ2v) is 29.1. The number of fused-ring (bicyclic) bond motifs is 3. The predicted molar refractivity (Wildman–Crippen MR) is 457 cm³/mol. The number of aryl methyl sites for hydroxylation is 3. The number of aromatic nitrogens is 9. The molecule has 0 saturated carbocycles. The van der Waals surface area contributed by atoms with Gasteiger partial charge in [0.15, 0.2) is 34.3 Å². The van der Waals surface area contributed by atoms with Gasteiger partial charge in [-0.2, -0.15) is 54.8 Å². The van der Waals surface area contributed by atoms with Gasteiger partial charge in [0.05, 0.1) is 35.3 Å². The molecule has 0 spiro atoms. The molecule has 0 radical (unpaired) electrons. The topological polar surface area (TPSA) is 170 Å². The highest BCUT2D eigenvalue weighted by molar-refractivity contribution is 14.1. The largest absolute Gasteiger partial charge is 0.416 e. The van der Waals surface area contributed by atoms with Gasteiger partial charge < -0.3 is 15.1 Å². The zero-order valence-electron chi connectivity index (χ0n) is 66.6. The molecule has 3 fully saturated rings. The van der Waals surface area contributed by atoms with Crippen molar-refractivity contribution in [2.45, 2.75) is 78.2 Å². The lowest BCUT2D eigenvalue weighted by molar-refractivity contribution is -0.139. The number of nitrogens with one attached hydrogen (secondary N) is 1. The molecule has 0 amide bonds. The smallest absolute Gasteiger partial charge is 0.314 e. The molecular formula is C90H87Cl2F9IN15O3. The fourth-order valence-electron chi connectivity index (χ4n) is 13.8. The van der Waals surface area contributed by atoms with Crippen LogP contribution in [0.2, 0.25) is 0 Å². The summed E-state index contributed by atoms with van der Waals surface area (Å²) in [5.74, 6) is 17.6. The summed E-state index contributed by atoms with van der Waals surface area (Å²) in [5.41, 5.74) is 9.33. The maximum absolute atomic E-state index is 14.0. The Bertz CT molecular complexity index is 5590. The van der Waals surface area contributed by atoms with Crippen LogP contribution in [0.5, 0.6) is 0 Å². The number of hydrogen-bond donors (Lipinski definition) is 1. The number of piperazine rings is 3. The molecule has 9 heterocycles. The number of hydrogen-bond acceptors (Lipinski definition) is 15. The van der Waals surface area contributed by atoms with Gasteiger partial charge in [0.1, 0.15) is 17.1 Å². The molecule has 120 heavy (non-hydrogen) atoms. The van der Waals surface area contributed by atoms with Crippen LogP contribution in [-0.2, 0) is 57.4 Å². The van der Waals surface area contributed by atoms with Crippen molar-refractivity contribution >= 4 is 81.7 Å². The van der Waals surface area contributed by atoms with Crippen molar-refractivity contribution in [3.63, 3.8) is 0 Å². The van der Waals surface area contributed by atoms with Gasteiger partial charge in [-0.3, -0.25) is 29.1 Å². The summed E-state index contributed by atoms with van der Waals surface area (Å²) in [6.45, 7) is 15.5. The quantitative estimate of drug-likeness (QED) is 0.0338. The molecule has 3 aliphatic heterocycles. The molecule has 15 rings (SSSR count). The van der Waals surface area contributed by atoms with E-state index in [1.807, 2.05) is 72.7 Å². The van der Waals surface area contributed by atoms with Crippen LogP contribution in [0, 0.1) is 56.3 Å². The minimum atomic E-state index is -4.50. The van der Waals surface area contributed by atoms with E-state index in [1.165, 1.54) is 18.2 Å². The maximum atomic E-state index is 14.0. The van der Waals surface area contributed by atoms with E-state index in [-0.39, 0.29) is 97.8 Å². The fraction of sp³-hybridized carbons (Fsp3) is 0.300. The van der Waals surface area contributed by atoms with Crippen LogP contribution in [0.4, 0.5) is 39.5 Å². The van der Waals surface area contributed by atoms with Gasteiger partial charge in [0.25, 0.3) is 0 Å². The maximum Gasteiger partial charge on any atom is 0.416 e. The average molecular weight is 1800 g/mol. The van der Waals surface area contributed by atoms with E-state index in [4.69, 9.17) is 0 Å². The lowest BCUT2D eigenvalue weighted by atomic mass is 9.96. The van der Waals surface area contributed by atoms with Crippen molar-refractivity contribution in [2.24, 2.45) is 0 Å². The molecule has 3 aliphatic rings. The summed E-state index contributed by atoms with van der Waals surface area (Å²) < 4.78 is 130. The Balaban J connectivity index is 0.000000186. The molecular weight excluding hydrogens is 1710 g/mol. The number of rotatable bonds is 15. The SMILES string of the molecule is CI.Cc1ccc(C(=O)Cc2ccc(CN3CCN(C)CC3)c(C(F)(F)F)c2)cc1C#Cc1cnc2cccnn12.Cc1ccc(C(=O)Cc2ccc(CN3CCN(C)CC3)c(C(F)(F)F)c2)cc1C#Cc1cnc2cccnn12.Cc1ccc(C(=O)Cc2ccc(CN3CCNCC3)c(C(F)(F)F)c2)cc1C#Cc1cnc2cccnn12.Cl.Cl. The standard InChI is InChI=1S/2C30H28F3N5O.C29H26F3N5O.CH3I.2ClH/c2*1-21-5-7-24(18-23(21)9-10-26-19-34-29-4-3-11-35-38(26)29)28(39)17-22-6-8-25(27(16-22)30(31,32)33)20-37-14-12-36(2)13-15-37;1-20-4-6-23(17-22(20)8-9-25-18-34-28-3-2-10-35-37(25)28)27(38)16-21-5-7-24(26(15-21)29(30,31)32)19-36-13-11-33-12-14-36;1-2;;/h2*3-8,11,16,18-19H,12-15,17,20H2,1-2H3;2-7,10,15,17-18,33H,11-14,16,19H2,1H3;1H3;2*1H.